The molecule has 1 heterocycles. The summed E-state index contributed by atoms with van der Waals surface area (Å²) >= 11 is 1.55. The third-order valence-electron chi connectivity index (χ3n) is 4.00. The molecular formula is C16H29N3O2S. The summed E-state index contributed by atoms with van der Waals surface area (Å²) in [5.74, 6) is 0.126. The molecule has 0 aliphatic rings. The van der Waals surface area contributed by atoms with Crippen LogP contribution in [0.15, 0.2) is 5.38 Å². The Balaban J connectivity index is 2.42. The van der Waals surface area contributed by atoms with Crippen LogP contribution in [0.1, 0.15) is 58.7 Å². The minimum atomic E-state index is -0.896. The highest BCUT2D eigenvalue weighted by molar-refractivity contribution is 7.09. The molecule has 0 aliphatic carbocycles. The van der Waals surface area contributed by atoms with Crippen molar-refractivity contribution in [2.24, 2.45) is 5.92 Å². The van der Waals surface area contributed by atoms with Crippen molar-refractivity contribution < 1.29 is 9.90 Å². The van der Waals surface area contributed by atoms with Gasteiger partial charge in [-0.1, -0.05) is 41.0 Å². The van der Waals surface area contributed by atoms with Gasteiger partial charge in [-0.3, -0.25) is 0 Å². The summed E-state index contributed by atoms with van der Waals surface area (Å²) in [5, 5.41) is 18.7. The maximum atomic E-state index is 11.8. The predicted octanol–water partition coefficient (Wildman–Crippen LogP) is 3.04. The number of carbonyl (C=O) groups is 1. The molecule has 0 aromatic carbocycles. The summed E-state index contributed by atoms with van der Waals surface area (Å²) in [7, 11) is 0. The average molecular weight is 327 g/mol. The Kier molecular flexibility index (Phi) is 6.38. The van der Waals surface area contributed by atoms with Gasteiger partial charge in [-0.25, -0.2) is 9.78 Å². The number of nitrogens with one attached hydrogen (secondary N) is 2. The summed E-state index contributed by atoms with van der Waals surface area (Å²) in [6, 6.07) is -0.281. The van der Waals surface area contributed by atoms with Gasteiger partial charge in [0.2, 0.25) is 0 Å². The van der Waals surface area contributed by atoms with Crippen molar-refractivity contribution in [1.29, 1.82) is 0 Å². The third kappa shape index (κ3) is 5.57. The first-order valence-corrected chi connectivity index (χ1v) is 8.63. The first-order chi connectivity index (χ1) is 10.1. The summed E-state index contributed by atoms with van der Waals surface area (Å²) in [6.07, 6.45) is 0.866. The number of thiazole rings is 1. The van der Waals surface area contributed by atoms with E-state index < -0.39 is 5.60 Å². The van der Waals surface area contributed by atoms with E-state index in [0.717, 1.165) is 17.1 Å². The van der Waals surface area contributed by atoms with Crippen LogP contribution in [0.25, 0.3) is 0 Å². The molecule has 6 heteroatoms. The van der Waals surface area contributed by atoms with Crippen LogP contribution < -0.4 is 10.6 Å². The smallest absolute Gasteiger partial charge is 0.315 e. The Morgan fingerprint density at radius 3 is 2.50 bits per heavy atom. The minimum absolute atomic E-state index is 0.0198. The topological polar surface area (TPSA) is 74.2 Å². The lowest BCUT2D eigenvalue weighted by Gasteiger charge is -2.29. The van der Waals surface area contributed by atoms with Crippen molar-refractivity contribution in [3.8, 4) is 0 Å². The summed E-state index contributed by atoms with van der Waals surface area (Å²) < 4.78 is 0. The van der Waals surface area contributed by atoms with Gasteiger partial charge in [-0.2, -0.15) is 0 Å². The quantitative estimate of drug-likeness (QED) is 0.752. The van der Waals surface area contributed by atoms with E-state index in [2.05, 4.69) is 36.4 Å². The van der Waals surface area contributed by atoms with Crippen molar-refractivity contribution in [2.75, 3.05) is 6.54 Å². The number of carbonyl (C=O) groups excluding carboxylic acids is 1. The number of aromatic nitrogens is 1. The Hall–Kier alpha value is -1.14. The van der Waals surface area contributed by atoms with Gasteiger partial charge >= 0.3 is 6.03 Å². The van der Waals surface area contributed by atoms with E-state index in [0.29, 0.717) is 6.54 Å². The van der Waals surface area contributed by atoms with Crippen LogP contribution in [0.4, 0.5) is 4.79 Å². The van der Waals surface area contributed by atoms with E-state index in [1.54, 1.807) is 18.3 Å². The maximum Gasteiger partial charge on any atom is 0.315 e. The molecule has 1 rings (SSSR count). The monoisotopic (exact) mass is 327 g/mol. The van der Waals surface area contributed by atoms with Crippen LogP contribution in [0.3, 0.4) is 0 Å². The molecule has 2 amide bonds. The number of rotatable bonds is 6. The van der Waals surface area contributed by atoms with E-state index in [9.17, 15) is 9.90 Å². The van der Waals surface area contributed by atoms with Crippen molar-refractivity contribution >= 4 is 17.4 Å². The largest absolute Gasteiger partial charge is 0.388 e. The molecule has 5 nitrogen and oxygen atoms in total. The molecule has 0 saturated heterocycles. The van der Waals surface area contributed by atoms with Gasteiger partial charge in [0.05, 0.1) is 17.8 Å². The zero-order valence-corrected chi connectivity index (χ0v) is 15.3. The fourth-order valence-electron chi connectivity index (χ4n) is 1.83. The zero-order chi connectivity index (χ0) is 17.0. The van der Waals surface area contributed by atoms with Crippen LogP contribution in [-0.2, 0) is 12.0 Å². The van der Waals surface area contributed by atoms with Crippen molar-refractivity contribution in [3.63, 3.8) is 0 Å². The maximum absolute atomic E-state index is 11.8. The molecule has 0 spiro atoms. The zero-order valence-electron chi connectivity index (χ0n) is 14.5. The number of urea groups is 1. The van der Waals surface area contributed by atoms with E-state index >= 15 is 0 Å². The molecule has 1 aromatic heterocycles. The van der Waals surface area contributed by atoms with Crippen LogP contribution in [0.5, 0.6) is 0 Å². The van der Waals surface area contributed by atoms with Crippen molar-refractivity contribution in [3.05, 3.63) is 16.1 Å². The van der Waals surface area contributed by atoms with E-state index in [4.69, 9.17) is 0 Å². The molecule has 0 aliphatic heterocycles. The second-order valence-electron chi connectivity index (χ2n) is 7.08. The molecule has 126 valence electrons. The number of hydrogen-bond donors (Lipinski definition) is 3. The van der Waals surface area contributed by atoms with Gasteiger partial charge in [-0.15, -0.1) is 11.3 Å². The lowest BCUT2D eigenvalue weighted by molar-refractivity contribution is 0.00790. The SMILES string of the molecule is CCC(C)C(C)(O)CNC(=O)NCc1nc(C(C)(C)C)cs1. The summed E-state index contributed by atoms with van der Waals surface area (Å²) in [5.41, 5.74) is 0.160. The van der Waals surface area contributed by atoms with Gasteiger partial charge in [0, 0.05) is 17.3 Å². The molecule has 1 aromatic rings. The van der Waals surface area contributed by atoms with Gasteiger partial charge in [0.15, 0.2) is 0 Å². The van der Waals surface area contributed by atoms with Crippen LogP contribution in [0.2, 0.25) is 0 Å². The second-order valence-corrected chi connectivity index (χ2v) is 8.02. The molecule has 0 fully saturated rings. The number of aliphatic hydroxyl groups is 1. The van der Waals surface area contributed by atoms with Gasteiger partial charge in [0.25, 0.3) is 0 Å². The lowest BCUT2D eigenvalue weighted by atomic mass is 9.89. The van der Waals surface area contributed by atoms with E-state index in [1.165, 1.54) is 0 Å². The third-order valence-corrected chi connectivity index (χ3v) is 4.85. The van der Waals surface area contributed by atoms with E-state index in [-0.39, 0.29) is 23.9 Å². The lowest BCUT2D eigenvalue weighted by Crippen LogP contribution is -2.47. The van der Waals surface area contributed by atoms with Crippen LogP contribution in [-0.4, -0.2) is 28.3 Å². The number of amides is 2. The first-order valence-electron chi connectivity index (χ1n) is 7.75. The Bertz CT molecular complexity index is 492. The van der Waals surface area contributed by atoms with Gasteiger partial charge in [0.1, 0.15) is 5.01 Å². The summed E-state index contributed by atoms with van der Waals surface area (Å²) in [4.78, 5) is 16.4. The van der Waals surface area contributed by atoms with Crippen LogP contribution in [0, 0.1) is 5.92 Å². The van der Waals surface area contributed by atoms with Gasteiger partial charge in [-0.05, 0) is 12.8 Å². The highest BCUT2D eigenvalue weighted by Gasteiger charge is 2.27. The fraction of sp³-hybridized carbons (Fsp3) is 0.750. The molecule has 2 atom stereocenters. The standard InChI is InChI=1S/C16H29N3O2S/c1-7-11(2)16(6,21)10-18-14(20)17-8-13-19-12(9-22-13)15(3,4)5/h9,11,21H,7-8,10H2,1-6H3,(H2,17,18,20). The average Bonchev–Trinajstić information content (AvgIpc) is 2.91. The van der Waals surface area contributed by atoms with Gasteiger partial charge < -0.3 is 15.7 Å². The molecule has 22 heavy (non-hydrogen) atoms. The highest BCUT2D eigenvalue weighted by atomic mass is 32.1. The number of hydrogen-bond acceptors (Lipinski definition) is 4. The number of nitrogens with zero attached hydrogens (tertiary/aromatic N) is 1. The molecular weight excluding hydrogens is 298 g/mol. The Morgan fingerprint density at radius 1 is 1.36 bits per heavy atom. The molecule has 0 bridgehead atoms. The summed E-state index contributed by atoms with van der Waals surface area (Å²) in [6.45, 7) is 12.7. The second kappa shape index (κ2) is 7.42. The first kappa shape index (κ1) is 18.9. The van der Waals surface area contributed by atoms with Crippen LogP contribution >= 0.6 is 11.3 Å². The molecule has 2 unspecified atom stereocenters. The Morgan fingerprint density at radius 2 is 2.00 bits per heavy atom. The molecule has 0 radical (unpaired) electrons. The molecule has 3 N–H and O–H groups in total. The van der Waals surface area contributed by atoms with E-state index in [1.807, 2.05) is 19.2 Å². The highest BCUT2D eigenvalue weighted by Crippen LogP contribution is 2.23. The fourth-order valence-corrected chi connectivity index (χ4v) is 2.79. The Labute approximate surface area is 137 Å². The van der Waals surface area contributed by atoms with Crippen molar-refractivity contribution in [1.82, 2.24) is 15.6 Å². The predicted molar refractivity (Wildman–Crippen MR) is 91.1 cm³/mol. The molecule has 0 saturated carbocycles. The van der Waals surface area contributed by atoms with Crippen molar-refractivity contribution in [2.45, 2.75) is 65.5 Å². The minimum Gasteiger partial charge on any atom is -0.388 e. The normalized spacial score (nSPS) is 16.0.